The summed E-state index contributed by atoms with van der Waals surface area (Å²) in [7, 11) is 0. The second-order valence-corrected chi connectivity index (χ2v) is 2.27. The summed E-state index contributed by atoms with van der Waals surface area (Å²) in [6.45, 7) is -0.00926. The Balaban J connectivity index is 2.24. The molecule has 0 bridgehead atoms. The van der Waals surface area contributed by atoms with Gasteiger partial charge in [0.2, 0.25) is 0 Å². The lowest BCUT2D eigenvalue weighted by Gasteiger charge is -2.22. The number of carbonyl (C=O) groups excluding carboxylic acids is 1. The van der Waals surface area contributed by atoms with E-state index in [2.05, 4.69) is 0 Å². The number of ketones is 1. The Morgan fingerprint density at radius 3 is 2.38 bits per heavy atom. The molecule has 2 heteroatoms. The summed E-state index contributed by atoms with van der Waals surface area (Å²) in [5.74, 6) is 0.406. The fourth-order valence-corrected chi connectivity index (χ4v) is 0.875. The molecular weight excluding hydrogens is 102 g/mol. The Morgan fingerprint density at radius 1 is 1.62 bits per heavy atom. The highest BCUT2D eigenvalue weighted by Gasteiger charge is 2.23. The van der Waals surface area contributed by atoms with Crippen LogP contribution in [0.5, 0.6) is 0 Å². The monoisotopic (exact) mass is 112 g/mol. The maximum Gasteiger partial charge on any atom is 0.151 e. The first-order chi connectivity index (χ1) is 3.84. The fourth-order valence-electron chi connectivity index (χ4n) is 0.875. The molecule has 1 radical (unpaired) electrons. The average Bonchev–Trinajstić information content (AvgIpc) is 1.62. The van der Waals surface area contributed by atoms with E-state index in [1.165, 1.54) is 6.42 Å². The normalized spacial score (nSPS) is 20.1. The third-order valence-corrected chi connectivity index (χ3v) is 1.73. The molecule has 1 N–H and O–H groups in total. The molecule has 0 aromatic carbocycles. The van der Waals surface area contributed by atoms with E-state index in [0.717, 1.165) is 12.8 Å². The van der Waals surface area contributed by atoms with Gasteiger partial charge >= 0.3 is 0 Å². The average molecular weight is 112 g/mol. The molecule has 45 valence electrons. The van der Waals surface area contributed by atoms with Crippen LogP contribution in [0.3, 0.4) is 0 Å². The molecule has 0 aromatic rings. The number of carbonyl (C=O) groups is 1. The van der Waals surface area contributed by atoms with Gasteiger partial charge in [0, 0.05) is 5.92 Å². The number of Topliss-reactive ketones (excluding diaryl/α,β-unsaturated/α-hetero) is 1. The Bertz CT molecular complexity index is 96.7. The van der Waals surface area contributed by atoms with Gasteiger partial charge in [0.1, 0.15) is 0 Å². The Hall–Kier alpha value is -0.370. The summed E-state index contributed by atoms with van der Waals surface area (Å²) in [6, 6.07) is 0. The molecule has 8 heavy (non-hydrogen) atoms. The summed E-state index contributed by atoms with van der Waals surface area (Å²) in [5.41, 5.74) is 6.73. The fraction of sp³-hybridized carbons (Fsp3) is 0.833. The van der Waals surface area contributed by atoms with Gasteiger partial charge in [0.25, 0.3) is 0 Å². The van der Waals surface area contributed by atoms with Crippen LogP contribution in [0.25, 0.3) is 0 Å². The van der Waals surface area contributed by atoms with E-state index < -0.39 is 0 Å². The smallest absolute Gasteiger partial charge is 0.151 e. The summed E-state index contributed by atoms with van der Waals surface area (Å²) >= 11 is 0. The van der Waals surface area contributed by atoms with Crippen LogP contribution in [0.4, 0.5) is 0 Å². The minimum absolute atomic E-state index is 0.00926. The SMILES string of the molecule is [NH]CC(=O)C1CCC1. The molecule has 0 saturated heterocycles. The zero-order valence-electron chi connectivity index (χ0n) is 4.81. The highest BCUT2D eigenvalue weighted by Crippen LogP contribution is 2.26. The van der Waals surface area contributed by atoms with Crippen LogP contribution in [0.15, 0.2) is 0 Å². The van der Waals surface area contributed by atoms with Crippen LogP contribution < -0.4 is 5.73 Å². The van der Waals surface area contributed by atoms with Crippen molar-refractivity contribution >= 4 is 5.78 Å². The third kappa shape index (κ3) is 0.892. The molecule has 0 heterocycles. The molecule has 1 aliphatic carbocycles. The Kier molecular flexibility index (Phi) is 1.63. The van der Waals surface area contributed by atoms with Crippen LogP contribution in [0, 0.1) is 5.92 Å². The topological polar surface area (TPSA) is 40.9 Å². The van der Waals surface area contributed by atoms with Crippen LogP contribution in [0.1, 0.15) is 19.3 Å². The van der Waals surface area contributed by atoms with E-state index in [1.807, 2.05) is 0 Å². The van der Waals surface area contributed by atoms with E-state index in [0.29, 0.717) is 0 Å². The Morgan fingerprint density at radius 2 is 2.25 bits per heavy atom. The van der Waals surface area contributed by atoms with Crippen molar-refractivity contribution in [3.63, 3.8) is 0 Å². The first kappa shape index (κ1) is 5.76. The van der Waals surface area contributed by atoms with E-state index in [-0.39, 0.29) is 18.2 Å². The summed E-state index contributed by atoms with van der Waals surface area (Å²) < 4.78 is 0. The molecule has 1 saturated carbocycles. The largest absolute Gasteiger partial charge is 0.298 e. The highest BCUT2D eigenvalue weighted by molar-refractivity contribution is 5.83. The molecule has 0 spiro atoms. The van der Waals surface area contributed by atoms with Gasteiger partial charge in [-0.05, 0) is 12.8 Å². The maximum atomic E-state index is 10.6. The maximum absolute atomic E-state index is 10.6. The third-order valence-electron chi connectivity index (χ3n) is 1.73. The number of nitrogens with one attached hydrogen (secondary N) is 1. The van der Waals surface area contributed by atoms with Gasteiger partial charge in [0.15, 0.2) is 5.78 Å². The predicted molar refractivity (Wildman–Crippen MR) is 30.3 cm³/mol. The van der Waals surface area contributed by atoms with Crippen molar-refractivity contribution < 1.29 is 4.79 Å². The molecule has 1 rings (SSSR count). The van der Waals surface area contributed by atoms with Gasteiger partial charge < -0.3 is 0 Å². The highest BCUT2D eigenvalue weighted by atomic mass is 16.1. The molecule has 0 aromatic heterocycles. The van der Waals surface area contributed by atoms with Crippen molar-refractivity contribution in [2.45, 2.75) is 19.3 Å². The molecule has 1 aliphatic rings. The zero-order chi connectivity index (χ0) is 5.98. The molecule has 1 fully saturated rings. The van der Waals surface area contributed by atoms with Gasteiger partial charge in [-0.2, -0.15) is 0 Å². The van der Waals surface area contributed by atoms with E-state index in [4.69, 9.17) is 5.73 Å². The van der Waals surface area contributed by atoms with Crippen molar-refractivity contribution in [3.8, 4) is 0 Å². The molecule has 2 nitrogen and oxygen atoms in total. The van der Waals surface area contributed by atoms with Gasteiger partial charge in [-0.3, -0.25) is 4.79 Å². The van der Waals surface area contributed by atoms with Crippen molar-refractivity contribution in [1.82, 2.24) is 5.73 Å². The van der Waals surface area contributed by atoms with Crippen molar-refractivity contribution in [1.29, 1.82) is 0 Å². The van der Waals surface area contributed by atoms with Crippen LogP contribution in [-0.2, 0) is 4.79 Å². The molecule has 0 atom stereocenters. The molecular formula is C6H10NO. The first-order valence-electron chi connectivity index (χ1n) is 3.02. The van der Waals surface area contributed by atoms with Crippen molar-refractivity contribution in [2.75, 3.05) is 6.54 Å². The van der Waals surface area contributed by atoms with E-state index >= 15 is 0 Å². The minimum Gasteiger partial charge on any atom is -0.298 e. The lowest BCUT2D eigenvalue weighted by Crippen LogP contribution is -2.24. The lowest BCUT2D eigenvalue weighted by molar-refractivity contribution is -0.123. The van der Waals surface area contributed by atoms with Gasteiger partial charge in [-0.15, -0.1) is 0 Å². The van der Waals surface area contributed by atoms with E-state index in [9.17, 15) is 4.79 Å². The minimum atomic E-state index is -0.00926. The second kappa shape index (κ2) is 2.27. The second-order valence-electron chi connectivity index (χ2n) is 2.27. The molecule has 0 unspecified atom stereocenters. The van der Waals surface area contributed by atoms with Gasteiger partial charge in [-0.1, -0.05) is 6.42 Å². The number of hydrogen-bond donors (Lipinski definition) is 0. The summed E-state index contributed by atoms with van der Waals surface area (Å²) in [5, 5.41) is 0. The quantitative estimate of drug-likeness (QED) is 0.516. The van der Waals surface area contributed by atoms with Crippen molar-refractivity contribution in [2.24, 2.45) is 5.92 Å². The van der Waals surface area contributed by atoms with Crippen LogP contribution >= 0.6 is 0 Å². The Labute approximate surface area is 49.1 Å². The van der Waals surface area contributed by atoms with Crippen LogP contribution in [0.2, 0.25) is 0 Å². The molecule has 0 amide bonds. The van der Waals surface area contributed by atoms with Gasteiger partial charge in [0.05, 0.1) is 6.54 Å². The summed E-state index contributed by atoms with van der Waals surface area (Å²) in [4.78, 5) is 10.6. The van der Waals surface area contributed by atoms with Crippen molar-refractivity contribution in [3.05, 3.63) is 0 Å². The number of rotatable bonds is 2. The van der Waals surface area contributed by atoms with E-state index in [1.54, 1.807) is 0 Å². The predicted octanol–water partition coefficient (Wildman–Crippen LogP) is 0.639. The lowest BCUT2D eigenvalue weighted by atomic mass is 9.82. The molecule has 0 aliphatic heterocycles. The zero-order valence-corrected chi connectivity index (χ0v) is 4.81. The van der Waals surface area contributed by atoms with Crippen LogP contribution in [-0.4, -0.2) is 12.3 Å². The number of hydrogen-bond acceptors (Lipinski definition) is 1. The summed E-state index contributed by atoms with van der Waals surface area (Å²) in [6.07, 6.45) is 3.27. The first-order valence-corrected chi connectivity index (χ1v) is 3.02. The standard InChI is InChI=1S/C6H10NO/c7-4-6(8)5-2-1-3-5/h5,7H,1-4H2. The van der Waals surface area contributed by atoms with Gasteiger partial charge in [-0.25, -0.2) is 5.73 Å².